The Morgan fingerprint density at radius 3 is 1.83 bits per heavy atom. The Hall–Kier alpha value is -3.73. The Kier molecular flexibility index (Phi) is 4.96. The Bertz CT molecular complexity index is 1050. The molecule has 0 unspecified atom stereocenters. The lowest BCUT2D eigenvalue weighted by atomic mass is 9.82. The quantitative estimate of drug-likeness (QED) is 0.521. The smallest absolute Gasteiger partial charge is 0.315 e. The van der Waals surface area contributed by atoms with Crippen molar-refractivity contribution in [2.24, 2.45) is 0 Å². The van der Waals surface area contributed by atoms with Gasteiger partial charge < -0.3 is 5.32 Å². The molecule has 1 fully saturated rings. The predicted octanol–water partition coefficient (Wildman–Crippen LogP) is 4.06. The Balaban J connectivity index is 1.77. The summed E-state index contributed by atoms with van der Waals surface area (Å²) >= 11 is 0. The van der Waals surface area contributed by atoms with Crippen molar-refractivity contribution in [3.63, 3.8) is 0 Å². The molecule has 1 heterocycles. The molecule has 1 N–H and O–H groups in total. The fourth-order valence-electron chi connectivity index (χ4n) is 3.91. The van der Waals surface area contributed by atoms with Crippen LogP contribution in [0.1, 0.15) is 34.0 Å². The van der Waals surface area contributed by atoms with Gasteiger partial charge in [-0.05, 0) is 25.0 Å². The van der Waals surface area contributed by atoms with Gasteiger partial charge in [0, 0.05) is 5.56 Å². The number of nitrogens with zero attached hydrogens (tertiary/aromatic N) is 1. The van der Waals surface area contributed by atoms with Gasteiger partial charge in [-0.15, -0.1) is 0 Å². The van der Waals surface area contributed by atoms with Crippen molar-refractivity contribution in [1.29, 1.82) is 0 Å². The van der Waals surface area contributed by atoms with E-state index >= 15 is 0 Å². The fourth-order valence-corrected chi connectivity index (χ4v) is 3.91. The molecule has 0 bridgehead atoms. The predicted molar refractivity (Wildman–Crippen MR) is 114 cm³/mol. The second-order valence-electron chi connectivity index (χ2n) is 7.49. The van der Waals surface area contributed by atoms with Gasteiger partial charge in [0.05, 0.1) is 0 Å². The van der Waals surface area contributed by atoms with E-state index in [2.05, 4.69) is 5.32 Å². The zero-order valence-corrected chi connectivity index (χ0v) is 16.8. The van der Waals surface area contributed by atoms with Crippen LogP contribution in [0.15, 0.2) is 84.9 Å². The number of carbonyl (C=O) groups excluding carboxylic acids is 3. The van der Waals surface area contributed by atoms with Gasteiger partial charge in [-0.3, -0.25) is 14.5 Å². The first kappa shape index (κ1) is 19.6. The number of imide groups is 1. The third kappa shape index (κ3) is 3.08. The number of rotatable bonds is 5. The van der Waals surface area contributed by atoms with Crippen molar-refractivity contribution in [1.82, 2.24) is 10.2 Å². The first-order valence-corrected chi connectivity index (χ1v) is 9.83. The molecule has 1 saturated heterocycles. The highest BCUT2D eigenvalue weighted by molar-refractivity contribution is 6.14. The molecule has 3 aromatic carbocycles. The van der Waals surface area contributed by atoms with Crippen LogP contribution in [0, 0.1) is 6.92 Å². The van der Waals surface area contributed by atoms with Crippen LogP contribution in [0.2, 0.25) is 0 Å². The van der Waals surface area contributed by atoms with Crippen molar-refractivity contribution in [2.45, 2.75) is 25.4 Å². The minimum absolute atomic E-state index is 0.282. The molecule has 1 aliphatic heterocycles. The van der Waals surface area contributed by atoms with E-state index in [0.29, 0.717) is 16.7 Å². The third-order valence-corrected chi connectivity index (χ3v) is 5.57. The van der Waals surface area contributed by atoms with Crippen LogP contribution in [0.25, 0.3) is 0 Å². The molecule has 0 radical (unpaired) electrons. The highest BCUT2D eigenvalue weighted by Gasteiger charge is 2.55. The number of hydrogen-bond acceptors (Lipinski definition) is 3. The normalized spacial score (nSPS) is 16.3. The summed E-state index contributed by atoms with van der Waals surface area (Å²) in [7, 11) is 0. The zero-order valence-electron chi connectivity index (χ0n) is 16.8. The van der Waals surface area contributed by atoms with Crippen LogP contribution in [0.4, 0.5) is 4.79 Å². The van der Waals surface area contributed by atoms with E-state index < -0.39 is 23.5 Å². The second-order valence-corrected chi connectivity index (χ2v) is 7.49. The van der Waals surface area contributed by atoms with Crippen LogP contribution in [0.5, 0.6) is 0 Å². The summed E-state index contributed by atoms with van der Waals surface area (Å²) in [4.78, 5) is 40.9. The average molecular weight is 398 g/mol. The number of benzene rings is 3. The van der Waals surface area contributed by atoms with Crippen LogP contribution < -0.4 is 5.32 Å². The molecule has 1 aliphatic rings. The van der Waals surface area contributed by atoms with Gasteiger partial charge in [0.1, 0.15) is 6.04 Å². The molecule has 0 aromatic heterocycles. The summed E-state index contributed by atoms with van der Waals surface area (Å²) < 4.78 is 0. The molecule has 5 heteroatoms. The molecule has 0 aliphatic carbocycles. The second kappa shape index (κ2) is 7.59. The molecular weight excluding hydrogens is 376 g/mol. The summed E-state index contributed by atoms with van der Waals surface area (Å²) in [6.07, 6.45) is 0. The summed E-state index contributed by atoms with van der Waals surface area (Å²) in [5.74, 6) is -0.742. The maximum absolute atomic E-state index is 13.8. The lowest BCUT2D eigenvalue weighted by Gasteiger charge is -2.29. The SMILES string of the molecule is Cc1ccc(C(=O)[C@H](C)N2C(=O)NC(c3ccccc3)(c3ccccc3)C2=O)cc1. The minimum atomic E-state index is -1.37. The Morgan fingerprint density at radius 2 is 1.33 bits per heavy atom. The highest BCUT2D eigenvalue weighted by Crippen LogP contribution is 2.37. The fraction of sp³-hybridized carbons (Fsp3) is 0.160. The van der Waals surface area contributed by atoms with E-state index in [1.54, 1.807) is 43.3 Å². The summed E-state index contributed by atoms with van der Waals surface area (Å²) in [6.45, 7) is 3.52. The number of ketones is 1. The van der Waals surface area contributed by atoms with Crippen molar-refractivity contribution < 1.29 is 14.4 Å². The van der Waals surface area contributed by atoms with E-state index in [-0.39, 0.29) is 5.78 Å². The minimum Gasteiger partial charge on any atom is -0.315 e. The first-order chi connectivity index (χ1) is 14.4. The number of aryl methyl sites for hydroxylation is 1. The summed E-state index contributed by atoms with van der Waals surface area (Å²) in [5.41, 5.74) is 1.41. The van der Waals surface area contributed by atoms with E-state index in [1.807, 2.05) is 55.5 Å². The monoisotopic (exact) mass is 398 g/mol. The highest BCUT2D eigenvalue weighted by atomic mass is 16.2. The van der Waals surface area contributed by atoms with E-state index in [1.165, 1.54) is 0 Å². The molecule has 30 heavy (non-hydrogen) atoms. The van der Waals surface area contributed by atoms with Gasteiger partial charge in [-0.25, -0.2) is 4.79 Å². The molecule has 150 valence electrons. The van der Waals surface area contributed by atoms with Gasteiger partial charge in [0.2, 0.25) is 0 Å². The van der Waals surface area contributed by atoms with Crippen molar-refractivity contribution >= 4 is 17.7 Å². The molecule has 0 saturated carbocycles. The molecule has 1 atom stereocenters. The van der Waals surface area contributed by atoms with Gasteiger partial charge in [0.25, 0.3) is 5.91 Å². The number of carbonyl (C=O) groups is 3. The Morgan fingerprint density at radius 1 is 0.833 bits per heavy atom. The maximum Gasteiger partial charge on any atom is 0.326 e. The summed E-state index contributed by atoms with van der Waals surface area (Å²) in [5, 5.41) is 2.88. The van der Waals surface area contributed by atoms with Gasteiger partial charge >= 0.3 is 6.03 Å². The van der Waals surface area contributed by atoms with Crippen molar-refractivity contribution in [2.75, 3.05) is 0 Å². The van der Waals surface area contributed by atoms with Crippen molar-refractivity contribution in [3.05, 3.63) is 107 Å². The van der Waals surface area contributed by atoms with Crippen molar-refractivity contribution in [3.8, 4) is 0 Å². The average Bonchev–Trinajstić information content (AvgIpc) is 3.05. The van der Waals surface area contributed by atoms with Gasteiger partial charge in [0.15, 0.2) is 11.3 Å². The van der Waals surface area contributed by atoms with E-state index in [9.17, 15) is 14.4 Å². The zero-order chi connectivity index (χ0) is 21.3. The largest absolute Gasteiger partial charge is 0.326 e. The third-order valence-electron chi connectivity index (χ3n) is 5.57. The van der Waals surface area contributed by atoms with E-state index in [4.69, 9.17) is 0 Å². The number of amides is 3. The van der Waals surface area contributed by atoms with Crippen LogP contribution in [-0.2, 0) is 10.3 Å². The first-order valence-electron chi connectivity index (χ1n) is 9.83. The molecule has 3 amide bonds. The van der Waals surface area contributed by atoms with Crippen LogP contribution in [0.3, 0.4) is 0 Å². The number of Topliss-reactive ketones (excluding diaryl/α,β-unsaturated/α-hetero) is 1. The van der Waals surface area contributed by atoms with Crippen LogP contribution >= 0.6 is 0 Å². The lowest BCUT2D eigenvalue weighted by molar-refractivity contribution is -0.131. The number of nitrogens with one attached hydrogen (secondary N) is 1. The molecule has 3 aromatic rings. The van der Waals surface area contributed by atoms with E-state index in [0.717, 1.165) is 10.5 Å². The maximum atomic E-state index is 13.8. The number of hydrogen-bond donors (Lipinski definition) is 1. The van der Waals surface area contributed by atoms with Gasteiger partial charge in [-0.2, -0.15) is 0 Å². The standard InChI is InChI=1S/C25H22N2O3/c1-17-13-15-19(16-14-17)22(28)18(2)27-23(29)25(26-24(27)30,20-9-5-3-6-10-20)21-11-7-4-8-12-21/h3-16,18H,1-2H3,(H,26,30)/t18-/m0/s1. The lowest BCUT2D eigenvalue weighted by Crippen LogP contribution is -2.47. The molecule has 4 rings (SSSR count). The molecule has 5 nitrogen and oxygen atoms in total. The molecular formula is C25H22N2O3. The van der Waals surface area contributed by atoms with Crippen LogP contribution in [-0.4, -0.2) is 28.7 Å². The molecule has 0 spiro atoms. The topological polar surface area (TPSA) is 66.5 Å². The number of urea groups is 1. The Labute approximate surface area is 175 Å². The summed E-state index contributed by atoms with van der Waals surface area (Å²) in [6, 6.07) is 23.8. The van der Waals surface area contributed by atoms with Gasteiger partial charge in [-0.1, -0.05) is 90.5 Å².